The third kappa shape index (κ3) is 9.01. The van der Waals surface area contributed by atoms with Crippen LogP contribution in [0.25, 0.3) is 11.3 Å². The average Bonchev–Trinajstić information content (AvgIpc) is 2.76. The number of hydrogen-bond donors (Lipinski definition) is 0. The molecule has 0 saturated carbocycles. The molecule has 0 N–H and O–H groups in total. The summed E-state index contributed by atoms with van der Waals surface area (Å²) >= 11 is 0. The molecule has 0 spiro atoms. The Morgan fingerprint density at radius 3 is 2.22 bits per heavy atom. The Kier molecular flexibility index (Phi) is 10.7. The standard InChI is InChI=1S/C26H34F3NO2/c1-3-5-7-9-11-22(26(27,28)29)18-25(31)32-23-15-13-21(14-16-23)24-17-12-20(19-30-24)10-8-6-4-2/h12-17,19,22H,3-11,18H2,1-2H3. The van der Waals surface area contributed by atoms with E-state index in [1.165, 1.54) is 18.4 Å². The molecule has 1 heterocycles. The molecule has 0 aliphatic carbocycles. The van der Waals surface area contributed by atoms with Crippen molar-refractivity contribution in [1.82, 2.24) is 4.98 Å². The van der Waals surface area contributed by atoms with Crippen molar-refractivity contribution in [3.63, 3.8) is 0 Å². The minimum Gasteiger partial charge on any atom is -0.427 e. The van der Waals surface area contributed by atoms with Crippen LogP contribution in [0.4, 0.5) is 13.2 Å². The number of aromatic nitrogens is 1. The van der Waals surface area contributed by atoms with E-state index >= 15 is 0 Å². The van der Waals surface area contributed by atoms with Gasteiger partial charge in [-0.1, -0.05) is 58.4 Å². The molecular formula is C26H34F3NO2. The average molecular weight is 450 g/mol. The van der Waals surface area contributed by atoms with Crippen LogP contribution in [0.2, 0.25) is 0 Å². The maximum Gasteiger partial charge on any atom is 0.392 e. The van der Waals surface area contributed by atoms with Crippen molar-refractivity contribution in [1.29, 1.82) is 0 Å². The van der Waals surface area contributed by atoms with E-state index in [9.17, 15) is 18.0 Å². The summed E-state index contributed by atoms with van der Waals surface area (Å²) in [6.07, 6.45) is 4.36. The van der Waals surface area contributed by atoms with Gasteiger partial charge < -0.3 is 4.74 Å². The normalized spacial score (nSPS) is 12.5. The lowest BCUT2D eigenvalue weighted by Gasteiger charge is -2.19. The molecule has 0 aliphatic rings. The lowest BCUT2D eigenvalue weighted by Crippen LogP contribution is -2.27. The highest BCUT2D eigenvalue weighted by atomic mass is 19.4. The van der Waals surface area contributed by atoms with Crippen molar-refractivity contribution in [3.05, 3.63) is 48.2 Å². The van der Waals surface area contributed by atoms with Crippen molar-refractivity contribution in [2.45, 2.75) is 84.2 Å². The van der Waals surface area contributed by atoms with E-state index in [0.29, 0.717) is 6.42 Å². The van der Waals surface area contributed by atoms with E-state index in [-0.39, 0.29) is 12.2 Å². The van der Waals surface area contributed by atoms with Crippen molar-refractivity contribution < 1.29 is 22.7 Å². The number of pyridine rings is 1. The van der Waals surface area contributed by atoms with Gasteiger partial charge in [0.25, 0.3) is 0 Å². The Labute approximate surface area is 189 Å². The molecule has 3 nitrogen and oxygen atoms in total. The Morgan fingerprint density at radius 2 is 1.62 bits per heavy atom. The van der Waals surface area contributed by atoms with Crippen LogP contribution in [-0.2, 0) is 11.2 Å². The molecule has 32 heavy (non-hydrogen) atoms. The van der Waals surface area contributed by atoms with Crippen molar-refractivity contribution in [2.24, 2.45) is 5.92 Å². The van der Waals surface area contributed by atoms with Gasteiger partial charge in [-0.25, -0.2) is 0 Å². The van der Waals surface area contributed by atoms with Crippen LogP contribution < -0.4 is 4.74 Å². The smallest absolute Gasteiger partial charge is 0.392 e. The van der Waals surface area contributed by atoms with Gasteiger partial charge >= 0.3 is 12.1 Å². The number of unbranched alkanes of at least 4 members (excludes halogenated alkanes) is 5. The molecule has 0 saturated heterocycles. The predicted molar refractivity (Wildman–Crippen MR) is 121 cm³/mol. The molecular weight excluding hydrogens is 415 g/mol. The molecule has 0 aliphatic heterocycles. The molecule has 0 fully saturated rings. The molecule has 0 bridgehead atoms. The zero-order valence-electron chi connectivity index (χ0n) is 19.1. The number of alkyl halides is 3. The van der Waals surface area contributed by atoms with Gasteiger partial charge in [-0.3, -0.25) is 9.78 Å². The molecule has 1 aromatic heterocycles. The van der Waals surface area contributed by atoms with Crippen LogP contribution in [0.5, 0.6) is 5.75 Å². The van der Waals surface area contributed by atoms with Crippen LogP contribution in [0.3, 0.4) is 0 Å². The van der Waals surface area contributed by atoms with Crippen LogP contribution in [0.1, 0.15) is 77.2 Å². The van der Waals surface area contributed by atoms with E-state index in [0.717, 1.165) is 43.4 Å². The largest absolute Gasteiger partial charge is 0.427 e. The lowest BCUT2D eigenvalue weighted by molar-refractivity contribution is -0.183. The summed E-state index contributed by atoms with van der Waals surface area (Å²) in [5.74, 6) is -2.28. The summed E-state index contributed by atoms with van der Waals surface area (Å²) in [5, 5.41) is 0. The minimum absolute atomic E-state index is 0.0440. The summed E-state index contributed by atoms with van der Waals surface area (Å²) in [6, 6.07) is 10.7. The number of nitrogens with zero attached hydrogens (tertiary/aromatic N) is 1. The van der Waals surface area contributed by atoms with Crippen molar-refractivity contribution in [3.8, 4) is 17.0 Å². The van der Waals surface area contributed by atoms with E-state index in [4.69, 9.17) is 4.74 Å². The number of halogens is 3. The molecule has 0 amide bonds. The van der Waals surface area contributed by atoms with Crippen LogP contribution in [0.15, 0.2) is 42.6 Å². The number of rotatable bonds is 13. The Morgan fingerprint density at radius 1 is 0.938 bits per heavy atom. The van der Waals surface area contributed by atoms with Gasteiger partial charge in [0.2, 0.25) is 0 Å². The van der Waals surface area contributed by atoms with Gasteiger partial charge in [0.05, 0.1) is 18.0 Å². The minimum atomic E-state index is -4.40. The Balaban J connectivity index is 1.91. The number of ether oxygens (including phenoxy) is 1. The van der Waals surface area contributed by atoms with E-state index < -0.39 is 24.5 Å². The molecule has 176 valence electrons. The third-order valence-corrected chi connectivity index (χ3v) is 5.56. The second-order valence-corrected chi connectivity index (χ2v) is 8.30. The van der Waals surface area contributed by atoms with Gasteiger partial charge in [0, 0.05) is 11.8 Å². The van der Waals surface area contributed by atoms with Crippen molar-refractivity contribution in [2.75, 3.05) is 0 Å². The van der Waals surface area contributed by atoms with E-state index in [2.05, 4.69) is 18.0 Å². The fourth-order valence-electron chi connectivity index (χ4n) is 3.59. The monoisotopic (exact) mass is 449 g/mol. The predicted octanol–water partition coefficient (Wildman–Crippen LogP) is 7.93. The summed E-state index contributed by atoms with van der Waals surface area (Å²) < 4.78 is 45.0. The Hall–Kier alpha value is -2.37. The fourth-order valence-corrected chi connectivity index (χ4v) is 3.59. The first-order valence-corrected chi connectivity index (χ1v) is 11.7. The number of carbonyl (C=O) groups excluding carboxylic acids is 1. The van der Waals surface area contributed by atoms with Crippen LogP contribution in [-0.4, -0.2) is 17.1 Å². The number of hydrogen-bond acceptors (Lipinski definition) is 3. The molecule has 1 atom stereocenters. The van der Waals surface area contributed by atoms with E-state index in [1.54, 1.807) is 24.3 Å². The number of carbonyl (C=O) groups is 1. The Bertz CT molecular complexity index is 801. The third-order valence-electron chi connectivity index (χ3n) is 5.56. The highest BCUT2D eigenvalue weighted by Gasteiger charge is 2.40. The molecule has 6 heteroatoms. The highest BCUT2D eigenvalue weighted by molar-refractivity contribution is 5.73. The topological polar surface area (TPSA) is 39.2 Å². The zero-order valence-corrected chi connectivity index (χ0v) is 19.1. The first-order valence-electron chi connectivity index (χ1n) is 11.7. The van der Waals surface area contributed by atoms with Gasteiger partial charge in [0.15, 0.2) is 0 Å². The van der Waals surface area contributed by atoms with Gasteiger partial charge in [-0.05, 0) is 55.2 Å². The fraction of sp³-hybridized carbons (Fsp3) is 0.538. The van der Waals surface area contributed by atoms with Crippen LogP contribution >= 0.6 is 0 Å². The quantitative estimate of drug-likeness (QED) is 0.177. The first kappa shape index (κ1) is 25.9. The first-order chi connectivity index (χ1) is 15.3. The van der Waals surface area contributed by atoms with Crippen molar-refractivity contribution >= 4 is 5.97 Å². The second kappa shape index (κ2) is 13.2. The summed E-state index contributed by atoms with van der Waals surface area (Å²) in [7, 11) is 0. The maximum absolute atomic E-state index is 13.3. The van der Waals surface area contributed by atoms with Gasteiger partial charge in [-0.15, -0.1) is 0 Å². The van der Waals surface area contributed by atoms with E-state index in [1.807, 2.05) is 19.2 Å². The van der Waals surface area contributed by atoms with Crippen LogP contribution in [0, 0.1) is 5.92 Å². The van der Waals surface area contributed by atoms with Gasteiger partial charge in [0.1, 0.15) is 5.75 Å². The summed E-state index contributed by atoms with van der Waals surface area (Å²) in [5.41, 5.74) is 2.85. The van der Waals surface area contributed by atoms with Gasteiger partial charge in [-0.2, -0.15) is 13.2 Å². The number of aryl methyl sites for hydroxylation is 1. The number of esters is 1. The zero-order chi connectivity index (χ0) is 23.4. The maximum atomic E-state index is 13.3. The summed E-state index contributed by atoms with van der Waals surface area (Å²) in [6.45, 7) is 4.18. The molecule has 1 unspecified atom stereocenters. The molecule has 2 rings (SSSR count). The molecule has 0 radical (unpaired) electrons. The highest BCUT2D eigenvalue weighted by Crippen LogP contribution is 2.33. The lowest BCUT2D eigenvalue weighted by atomic mass is 9.97. The SMILES string of the molecule is CCCCCCC(CC(=O)Oc1ccc(-c2ccc(CCCCC)cn2)cc1)C(F)(F)F. The molecule has 2 aromatic rings. The summed E-state index contributed by atoms with van der Waals surface area (Å²) in [4.78, 5) is 16.6. The molecule has 1 aromatic carbocycles. The number of benzene rings is 1. The second-order valence-electron chi connectivity index (χ2n) is 8.30.